The first kappa shape index (κ1) is 99.1. The number of aliphatic imine (C=N–C) groups is 6. The van der Waals surface area contributed by atoms with Crippen molar-refractivity contribution in [2.24, 2.45) is 58.1 Å². The number of rotatable bonds is 19. The van der Waals surface area contributed by atoms with E-state index in [0.29, 0.717) is 96.2 Å². The van der Waals surface area contributed by atoms with Crippen LogP contribution < -0.4 is 15.2 Å². The average Bonchev–Trinajstić information content (AvgIpc) is 1.59. The number of anilines is 1. The van der Waals surface area contributed by atoms with Gasteiger partial charge in [0.2, 0.25) is 11.8 Å². The van der Waals surface area contributed by atoms with Crippen LogP contribution in [0, 0.1) is 0 Å². The molecule has 0 bridgehead atoms. The number of hydrogen-bond acceptors (Lipinski definition) is 34. The Morgan fingerprint density at radius 2 is 0.784 bits per heavy atom. The van der Waals surface area contributed by atoms with Crippen molar-refractivity contribution in [1.29, 1.82) is 0 Å². The van der Waals surface area contributed by atoms with Gasteiger partial charge in [-0.25, -0.2) is 14.4 Å². The van der Waals surface area contributed by atoms with Crippen LogP contribution in [0.2, 0.25) is 0 Å². The van der Waals surface area contributed by atoms with Gasteiger partial charge in [0.15, 0.2) is 0 Å². The number of aryl methyl sites for hydroxylation is 4. The molecule has 0 radical (unpaired) electrons. The predicted octanol–water partition coefficient (Wildman–Crippen LogP) is 9.68. The van der Waals surface area contributed by atoms with Gasteiger partial charge in [0.1, 0.15) is 53.8 Å². The van der Waals surface area contributed by atoms with Crippen molar-refractivity contribution < 1.29 is 92.2 Å². The number of benzene rings is 6. The summed E-state index contributed by atoms with van der Waals surface area (Å²) in [5.41, 5.74) is 32.8. The summed E-state index contributed by atoms with van der Waals surface area (Å²) in [5.74, 6) is 1.50. The smallest absolute Gasteiger partial charge is 0.312 e. The number of methoxy groups -OCH3 is 1. The first-order chi connectivity index (χ1) is 72.0. The third-order valence-electron chi connectivity index (χ3n) is 27.8. The first-order valence-corrected chi connectivity index (χ1v) is 48.9. The molecule has 0 saturated heterocycles. The fourth-order valence-corrected chi connectivity index (χ4v) is 20.6. The lowest BCUT2D eigenvalue weighted by molar-refractivity contribution is -0.152. The number of aliphatic hydroxyl groups excluding tert-OH is 5. The molecule has 0 saturated carbocycles. The Labute approximate surface area is 847 Å². The summed E-state index contributed by atoms with van der Waals surface area (Å²) in [6.45, 7) is 3.76. The molecule has 0 fully saturated rings. The van der Waals surface area contributed by atoms with Crippen molar-refractivity contribution in [3.05, 3.63) is 343 Å². The van der Waals surface area contributed by atoms with Crippen molar-refractivity contribution in [2.75, 3.05) is 58.7 Å². The van der Waals surface area contributed by atoms with E-state index in [1.54, 1.807) is 90.8 Å². The Morgan fingerprint density at radius 3 is 1.26 bits per heavy atom. The molecule has 0 spiro atoms. The predicted molar refractivity (Wildman–Crippen MR) is 539 cm³/mol. The van der Waals surface area contributed by atoms with E-state index in [9.17, 15) is 59.1 Å². The maximum atomic E-state index is 12.0. The molecular formula is C110H106N18O20. The third kappa shape index (κ3) is 20.4. The molecule has 38 heteroatoms. The number of cyclic esters (lactones) is 6. The highest BCUT2D eigenvalue weighted by Gasteiger charge is 2.39. The van der Waals surface area contributed by atoms with Crippen LogP contribution in [0.4, 0.5) is 5.82 Å². The number of carbonyl (C=O) groups excluding carboxylic acids is 6. The second kappa shape index (κ2) is 43.2. The van der Waals surface area contributed by atoms with Gasteiger partial charge in [-0.2, -0.15) is 10.2 Å². The zero-order valence-corrected chi connectivity index (χ0v) is 82.1. The van der Waals surface area contributed by atoms with Crippen LogP contribution in [-0.4, -0.2) is 204 Å². The molecule has 148 heavy (non-hydrogen) atoms. The molecule has 19 heterocycles. The highest BCUT2D eigenvalue weighted by molar-refractivity contribution is 6.21. The van der Waals surface area contributed by atoms with E-state index in [-0.39, 0.29) is 125 Å². The fourth-order valence-electron chi connectivity index (χ4n) is 20.6. The van der Waals surface area contributed by atoms with Crippen molar-refractivity contribution in [1.82, 2.24) is 54.1 Å². The molecule has 7 aromatic heterocycles. The summed E-state index contributed by atoms with van der Waals surface area (Å²) in [5, 5.41) is 63.0. The lowest BCUT2D eigenvalue weighted by Gasteiger charge is -2.27. The molecule has 0 aliphatic carbocycles. The highest BCUT2D eigenvalue weighted by atomic mass is 16.6. The number of fused-ring (bicyclic) bond motifs is 13. The van der Waals surface area contributed by atoms with Crippen LogP contribution in [0.3, 0.4) is 0 Å². The van der Waals surface area contributed by atoms with Crippen LogP contribution in [-0.2, 0) is 168 Å². The second-order valence-electron chi connectivity index (χ2n) is 37.2. The van der Waals surface area contributed by atoms with E-state index < -0.39 is 24.4 Å². The largest absolute Gasteiger partial charge is 0.457 e. The average molecular weight is 2000 g/mol. The van der Waals surface area contributed by atoms with Crippen LogP contribution in [0.5, 0.6) is 5.88 Å². The lowest BCUT2D eigenvalue weighted by atomic mass is 9.89. The molecule has 6 aromatic carbocycles. The zero-order valence-electron chi connectivity index (χ0n) is 82.1. The van der Waals surface area contributed by atoms with E-state index >= 15 is 0 Å². The third-order valence-corrected chi connectivity index (χ3v) is 27.8. The summed E-state index contributed by atoms with van der Waals surface area (Å²) in [6.07, 6.45) is 13.9. The van der Waals surface area contributed by atoms with E-state index in [1.165, 1.54) is 4.57 Å². The minimum absolute atomic E-state index is 0.0141. The number of aliphatic hydroxyl groups is 5. The minimum atomic E-state index is -0.437. The van der Waals surface area contributed by atoms with Gasteiger partial charge < -0.3 is 72.9 Å². The van der Waals surface area contributed by atoms with E-state index in [1.807, 2.05) is 98.8 Å². The van der Waals surface area contributed by atoms with Gasteiger partial charge in [-0.3, -0.25) is 78.2 Å². The van der Waals surface area contributed by atoms with Crippen LogP contribution in [0.25, 0.3) is 11.0 Å². The Balaban J connectivity index is 0.000000108. The minimum Gasteiger partial charge on any atom is -0.457 e. The number of pyridine rings is 4. The molecule has 13 aromatic rings. The monoisotopic (exact) mass is 2000 g/mol. The molecule has 38 nitrogen and oxygen atoms in total. The quantitative estimate of drug-likeness (QED) is 0.0371. The number of aromatic nitrogens is 11. The van der Waals surface area contributed by atoms with E-state index in [2.05, 4.69) is 109 Å². The summed E-state index contributed by atoms with van der Waals surface area (Å²) >= 11 is 0. The number of carbonyl (C=O) groups is 6. The Kier molecular flexibility index (Phi) is 28.9. The van der Waals surface area contributed by atoms with Gasteiger partial charge >= 0.3 is 35.8 Å². The summed E-state index contributed by atoms with van der Waals surface area (Å²) in [4.78, 5) is 125. The molecule has 756 valence electrons. The second-order valence-corrected chi connectivity index (χ2v) is 37.2. The van der Waals surface area contributed by atoms with Gasteiger partial charge in [0.05, 0.1) is 137 Å². The fraction of sp³-hybridized carbons (Fsp3) is 0.327. The van der Waals surface area contributed by atoms with Gasteiger partial charge in [-0.05, 0) is 156 Å². The number of amidine groups is 1. The number of ether oxygens (including phenoxy) is 8. The van der Waals surface area contributed by atoms with Crippen molar-refractivity contribution in [3.8, 4) is 5.88 Å². The van der Waals surface area contributed by atoms with Crippen LogP contribution in [0.1, 0.15) is 231 Å². The van der Waals surface area contributed by atoms with Gasteiger partial charge in [0, 0.05) is 224 Å². The van der Waals surface area contributed by atoms with Crippen molar-refractivity contribution in [2.45, 2.75) is 153 Å². The van der Waals surface area contributed by atoms with Gasteiger partial charge in [-0.15, -0.1) is 5.10 Å². The van der Waals surface area contributed by atoms with Crippen molar-refractivity contribution >= 4 is 87.2 Å². The Morgan fingerprint density at radius 1 is 0.372 bits per heavy atom. The van der Waals surface area contributed by atoms with E-state index in [0.717, 1.165) is 202 Å². The summed E-state index contributed by atoms with van der Waals surface area (Å²) in [7, 11) is 10.9. The molecule has 0 amide bonds. The summed E-state index contributed by atoms with van der Waals surface area (Å²) in [6, 6.07) is 43.4. The molecule has 6 unspecified atom stereocenters. The number of hydrogen-bond donors (Lipinski definition) is 5. The SMILES string of the molecule is CN(C1=NCc2cc3c(cc21)C(CCO)OC(=O)C3)c1ccnn1C.COCCC1OC(=O)Cc2cc3c(cc21)C(c1ccn(C)c(=O)c1)=NC3.Cn1nccc1OC1=NCc2cc3c(cc21)C(CCO)OC(=O)C3.Cn1nnc2c(C3=NCc4cc5c(cc43)C(CCO)OC(=O)C5)cccc21.O=C1Cc2cc3c(cc2C(CCO)O1)C(c1ccncc1)=NC3.O=C1Cc2nc3c(cc2C(CCO)O1)C(c1ccncc1)=NC3. The number of nitrogens with zero attached hydrogens (tertiary/aromatic N) is 18. The molecular weight excluding hydrogens is 1890 g/mol. The normalized spacial score (nSPS) is 18.5. The maximum Gasteiger partial charge on any atom is 0.312 e. The molecule has 6 atom stereocenters. The molecule has 5 N–H and O–H groups in total. The van der Waals surface area contributed by atoms with Gasteiger partial charge in [-0.1, -0.05) is 47.7 Å². The van der Waals surface area contributed by atoms with Gasteiger partial charge in [0.25, 0.3) is 5.56 Å². The first-order valence-electron chi connectivity index (χ1n) is 48.9. The summed E-state index contributed by atoms with van der Waals surface area (Å²) < 4.78 is 50.3. The highest BCUT2D eigenvalue weighted by Crippen LogP contribution is 2.44. The van der Waals surface area contributed by atoms with Crippen LogP contribution >= 0.6 is 0 Å². The molecule has 12 aliphatic rings. The Hall–Kier alpha value is -16.3. The maximum absolute atomic E-state index is 12.0. The Bertz CT molecular complexity index is 7570. The zero-order chi connectivity index (χ0) is 103. The topological polar surface area (TPSA) is 482 Å². The molecule has 25 rings (SSSR count). The van der Waals surface area contributed by atoms with Crippen LogP contribution in [0.15, 0.2) is 212 Å². The molecule has 12 aliphatic heterocycles. The standard InChI is InChI=1S/C20H18N4O3.C20H20N2O4.C18H20N4O3.C18H16N2O3.C17H17N3O4.C17H15N3O3/c1-24-16-4-2-3-13(20(16)22-23-24)19-15-9-14-11(7-12(15)10-21-19)8-18(26)27-17(14)5-6-25;1-22-5-3-12(8-18(22)23)20-16-10-15-13(7-14(16)11-21-20)9-19(24)26-17(15)4-6-25-2;1-21(16-3-5-20-22(16)2)18-14-9-13-11(7-12(14)10-19-18)8-17(24)25-15(13)4-6-23;21-6-3-16-14-9-15-13(7-12(14)8-17(22)23-16)10-20-18(15)11-1-4-19-5-2-11;1-20-15(2-4-19-20)24-17-13-8-12-10(6-11(13)9-18-17)7-16(22)23-14(12)3-5-21;21-6-3-15-11-7-12-14(20-13(11)8-16(22)23-15)9-19-17(12)10-1-4-18-5-2-10/h2-4,7,9,17,25H,5-6,8,10H2,1H3;3,5,7-8,10,17H,4,6,9,11H2,1-2H3;3,5,7,9,15,23H,4,6,8,10H2,1-2H3;1-2,4-5,7,9,16,21H,3,6,8,10H2;2,4,6,8,14,21H,3,5,7,9H2,1H3;1-2,4-5,7,15,21H,3,6,8-9H2. The number of esters is 6. The van der Waals surface area contributed by atoms with E-state index in [4.69, 9.17) is 42.9 Å². The lowest BCUT2D eigenvalue weighted by Crippen LogP contribution is -2.29. The van der Waals surface area contributed by atoms with Crippen molar-refractivity contribution in [3.63, 3.8) is 0 Å².